The van der Waals surface area contributed by atoms with Gasteiger partial charge in [0.2, 0.25) is 0 Å². The molecule has 0 N–H and O–H groups in total. The zero-order valence-corrected chi connectivity index (χ0v) is 42.7. The number of hydrogen-bond donors (Lipinski definition) is 0. The Morgan fingerprint density at radius 2 is 0.519 bits per heavy atom. The van der Waals surface area contributed by atoms with Crippen LogP contribution in [0.15, 0.2) is 291 Å². The van der Waals surface area contributed by atoms with Gasteiger partial charge in [-0.05, 0) is 144 Å². The normalized spacial score (nSPS) is 11.6. The molecule has 0 aliphatic rings. The molecule has 5 heteroatoms. The molecule has 0 aliphatic heterocycles. The second-order valence-electron chi connectivity index (χ2n) is 19.7. The number of thiophene rings is 1. The molecule has 0 radical (unpaired) electrons. The van der Waals surface area contributed by atoms with Crippen molar-refractivity contribution in [1.82, 2.24) is 9.13 Å². The van der Waals surface area contributed by atoms with E-state index < -0.39 is 0 Å². The molecule has 0 amide bonds. The SMILES string of the molecule is c1ccc(-c2ccc(N(c3ccccc3)c3ccc(-n4c5ccccc5c5c6sc7c(ccc8c7c7ccccc7n8-c7ccc(N(c8ccccc8)c8ccc(-c9ccccc9)cc8)cc7)c6ccc54)cc3)cc2)cc1. The monoisotopic (exact) mass is 1000 g/mol. The van der Waals surface area contributed by atoms with Gasteiger partial charge >= 0.3 is 0 Å². The van der Waals surface area contributed by atoms with E-state index in [9.17, 15) is 0 Å². The summed E-state index contributed by atoms with van der Waals surface area (Å²) in [7, 11) is 0. The Balaban J connectivity index is 0.826. The van der Waals surface area contributed by atoms with E-state index in [-0.39, 0.29) is 0 Å². The summed E-state index contributed by atoms with van der Waals surface area (Å²) in [6.45, 7) is 0. The molecule has 4 nitrogen and oxygen atoms in total. The molecule has 0 unspecified atom stereocenters. The van der Waals surface area contributed by atoms with Gasteiger partial charge < -0.3 is 18.9 Å². The van der Waals surface area contributed by atoms with Crippen LogP contribution in [-0.4, -0.2) is 9.13 Å². The number of anilines is 6. The van der Waals surface area contributed by atoms with E-state index >= 15 is 0 Å². The van der Waals surface area contributed by atoms with Crippen molar-refractivity contribution in [2.24, 2.45) is 0 Å². The summed E-state index contributed by atoms with van der Waals surface area (Å²) >= 11 is 1.93. The minimum atomic E-state index is 1.10. The molecule has 3 heterocycles. The molecule has 0 atom stereocenters. The summed E-state index contributed by atoms with van der Waals surface area (Å²) in [5.41, 5.74) is 18.5. The minimum Gasteiger partial charge on any atom is -0.311 e. The average molecular weight is 1000 g/mol. The smallest absolute Gasteiger partial charge is 0.0555 e. The highest BCUT2D eigenvalue weighted by molar-refractivity contribution is 7.27. The molecule has 3 aromatic heterocycles. The van der Waals surface area contributed by atoms with Gasteiger partial charge in [-0.25, -0.2) is 0 Å². The van der Waals surface area contributed by atoms with E-state index in [1.54, 1.807) is 0 Å². The number of benzene rings is 12. The van der Waals surface area contributed by atoms with E-state index in [4.69, 9.17) is 0 Å². The van der Waals surface area contributed by atoms with Gasteiger partial charge in [-0.2, -0.15) is 0 Å². The third kappa shape index (κ3) is 7.50. The van der Waals surface area contributed by atoms with Gasteiger partial charge in [-0.1, -0.05) is 170 Å². The molecule has 0 saturated heterocycles. The average Bonchev–Trinajstić information content (AvgIpc) is 4.39. The fourth-order valence-corrected chi connectivity index (χ4v) is 13.2. The Kier molecular flexibility index (Phi) is 10.7. The van der Waals surface area contributed by atoms with E-state index in [1.807, 2.05) is 11.3 Å². The number of nitrogens with zero attached hydrogens (tertiary/aromatic N) is 4. The van der Waals surface area contributed by atoms with Crippen LogP contribution in [0, 0.1) is 0 Å². The van der Waals surface area contributed by atoms with Crippen molar-refractivity contribution in [2.45, 2.75) is 0 Å². The van der Waals surface area contributed by atoms with Crippen LogP contribution in [0.4, 0.5) is 34.1 Å². The van der Waals surface area contributed by atoms with E-state index in [0.717, 1.165) is 45.5 Å². The third-order valence-electron chi connectivity index (χ3n) is 15.3. The summed E-state index contributed by atoms with van der Waals surface area (Å²) in [5.74, 6) is 0. The van der Waals surface area contributed by atoms with Crippen molar-refractivity contribution >= 4 is 109 Å². The van der Waals surface area contributed by atoms with Crippen LogP contribution in [0.2, 0.25) is 0 Å². The molecule has 15 aromatic rings. The second kappa shape index (κ2) is 18.5. The summed E-state index contributed by atoms with van der Waals surface area (Å²) in [5, 5.41) is 7.66. The van der Waals surface area contributed by atoms with E-state index in [0.29, 0.717) is 0 Å². The highest BCUT2D eigenvalue weighted by Crippen LogP contribution is 2.48. The molecular weight excluding hydrogens is 953 g/mol. The van der Waals surface area contributed by atoms with Gasteiger partial charge in [0.15, 0.2) is 0 Å². The minimum absolute atomic E-state index is 1.10. The van der Waals surface area contributed by atoms with Crippen LogP contribution in [0.1, 0.15) is 0 Å². The Bertz CT molecular complexity index is 4320. The van der Waals surface area contributed by atoms with Crippen LogP contribution in [0.25, 0.3) is 97.4 Å². The maximum Gasteiger partial charge on any atom is 0.0555 e. The predicted octanol–water partition coefficient (Wildman–Crippen LogP) is 20.5. The molecular formula is C72H48N4S. The van der Waals surface area contributed by atoms with Gasteiger partial charge in [-0.3, -0.25) is 0 Å². The molecule has 12 aromatic carbocycles. The van der Waals surface area contributed by atoms with Crippen molar-refractivity contribution in [3.05, 3.63) is 291 Å². The largest absolute Gasteiger partial charge is 0.311 e. The molecule has 0 aliphatic carbocycles. The number of aromatic nitrogens is 2. The third-order valence-corrected chi connectivity index (χ3v) is 16.6. The van der Waals surface area contributed by atoms with E-state index in [1.165, 1.54) is 86.0 Å². The first-order valence-electron chi connectivity index (χ1n) is 26.2. The Morgan fingerprint density at radius 3 is 0.896 bits per heavy atom. The second-order valence-corrected chi connectivity index (χ2v) is 20.7. The van der Waals surface area contributed by atoms with Crippen LogP contribution in [0.3, 0.4) is 0 Å². The topological polar surface area (TPSA) is 16.3 Å². The Hall–Kier alpha value is -9.94. The fraction of sp³-hybridized carbons (Fsp3) is 0. The maximum atomic E-state index is 2.45. The van der Waals surface area contributed by atoms with Crippen LogP contribution in [-0.2, 0) is 0 Å². The van der Waals surface area contributed by atoms with Gasteiger partial charge in [0, 0.05) is 87.2 Å². The summed E-state index contributed by atoms with van der Waals surface area (Å²) in [6, 6.07) is 106. The lowest BCUT2D eigenvalue weighted by Gasteiger charge is -2.26. The van der Waals surface area contributed by atoms with Gasteiger partial charge in [-0.15, -0.1) is 11.3 Å². The van der Waals surface area contributed by atoms with E-state index in [2.05, 4.69) is 310 Å². The standard InChI is InChI=1S/C72H48N4S/c1-5-17-49(18-6-1)51-29-33-55(34-30-51)73(53-21-9-3-10-22-53)57-37-41-59(42-38-57)75-65-27-15-13-25-63(65)69-67(75)47-45-61-62-46-48-68-70(72(62)77-71(61)69)64-26-14-16-28-66(64)76(68)60-43-39-58(40-44-60)74(54-23-11-4-12-24-54)56-35-31-52(32-36-56)50-19-7-2-8-20-50/h1-48H. The summed E-state index contributed by atoms with van der Waals surface area (Å²) in [4.78, 5) is 4.68. The van der Waals surface area contributed by atoms with Crippen LogP contribution in [0.5, 0.6) is 0 Å². The molecule has 0 fully saturated rings. The van der Waals surface area contributed by atoms with Crippen LogP contribution < -0.4 is 9.80 Å². The fourth-order valence-electron chi connectivity index (χ4n) is 11.8. The van der Waals surface area contributed by atoms with Crippen molar-refractivity contribution in [2.75, 3.05) is 9.80 Å². The molecule has 0 saturated carbocycles. The first-order chi connectivity index (χ1) is 38.2. The van der Waals surface area contributed by atoms with Gasteiger partial charge in [0.05, 0.1) is 22.1 Å². The predicted molar refractivity (Wildman–Crippen MR) is 328 cm³/mol. The van der Waals surface area contributed by atoms with Crippen molar-refractivity contribution in [3.63, 3.8) is 0 Å². The number of para-hydroxylation sites is 4. The molecule has 77 heavy (non-hydrogen) atoms. The van der Waals surface area contributed by atoms with Gasteiger partial charge in [0.1, 0.15) is 0 Å². The zero-order valence-electron chi connectivity index (χ0n) is 41.9. The van der Waals surface area contributed by atoms with Crippen LogP contribution >= 0.6 is 11.3 Å². The quantitative estimate of drug-likeness (QED) is 0.136. The molecule has 362 valence electrons. The lowest BCUT2D eigenvalue weighted by Crippen LogP contribution is -2.10. The highest BCUT2D eigenvalue weighted by atomic mass is 32.1. The molecule has 0 spiro atoms. The molecule has 0 bridgehead atoms. The number of rotatable bonds is 10. The highest BCUT2D eigenvalue weighted by Gasteiger charge is 2.23. The zero-order chi connectivity index (χ0) is 50.8. The Morgan fingerprint density at radius 1 is 0.221 bits per heavy atom. The van der Waals surface area contributed by atoms with Crippen molar-refractivity contribution < 1.29 is 0 Å². The summed E-state index contributed by atoms with van der Waals surface area (Å²) in [6.07, 6.45) is 0. The Labute approximate surface area is 450 Å². The molecule has 15 rings (SSSR count). The maximum absolute atomic E-state index is 2.45. The first kappa shape index (κ1) is 44.5. The van der Waals surface area contributed by atoms with Gasteiger partial charge in [0.25, 0.3) is 0 Å². The number of fused-ring (bicyclic) bond motifs is 11. The number of hydrogen-bond acceptors (Lipinski definition) is 3. The lowest BCUT2D eigenvalue weighted by molar-refractivity contribution is 1.17. The lowest BCUT2D eigenvalue weighted by atomic mass is 10.0. The first-order valence-corrected chi connectivity index (χ1v) is 27.1. The van der Waals surface area contributed by atoms with Crippen molar-refractivity contribution in [3.8, 4) is 33.6 Å². The summed E-state index contributed by atoms with van der Waals surface area (Å²) < 4.78 is 7.52. The van der Waals surface area contributed by atoms with Crippen molar-refractivity contribution in [1.29, 1.82) is 0 Å².